The number of carbonyl (C=O) groups excluding carboxylic acids is 1. The number of rotatable bonds is 17. The Hall–Kier alpha value is -0.830. The Balaban J connectivity index is 3.76. The van der Waals surface area contributed by atoms with E-state index in [0.717, 1.165) is 6.42 Å². The Morgan fingerprint density at radius 1 is 0.778 bits per heavy atom. The second-order valence-electron chi connectivity index (χ2n) is 9.22. The van der Waals surface area contributed by atoms with Gasteiger partial charge < -0.3 is 9.47 Å². The van der Waals surface area contributed by atoms with Crippen LogP contribution in [0.15, 0.2) is 12.2 Å². The molecule has 0 aromatic carbocycles. The van der Waals surface area contributed by atoms with Crippen molar-refractivity contribution in [2.24, 2.45) is 0 Å². The number of hydrogen-bond donors (Lipinski definition) is 0. The van der Waals surface area contributed by atoms with Crippen molar-refractivity contribution in [1.29, 1.82) is 0 Å². The number of carbonyl (C=O) groups is 1. The van der Waals surface area contributed by atoms with Crippen molar-refractivity contribution in [2.75, 3.05) is 6.61 Å². The van der Waals surface area contributed by atoms with E-state index < -0.39 is 5.60 Å². The molecule has 0 saturated carbocycles. The molecule has 0 aliphatic heterocycles. The fraction of sp³-hybridized carbons (Fsp3) is 0.875. The second kappa shape index (κ2) is 14.2. The van der Waals surface area contributed by atoms with E-state index in [9.17, 15) is 4.79 Å². The van der Waals surface area contributed by atoms with Crippen LogP contribution in [0.1, 0.15) is 119 Å². The number of ether oxygens (including phenoxy) is 2. The highest BCUT2D eigenvalue weighted by Gasteiger charge is 2.25. The molecule has 0 aromatic heterocycles. The fourth-order valence-electron chi connectivity index (χ4n) is 3.07. The molecule has 0 amide bonds. The van der Waals surface area contributed by atoms with Crippen LogP contribution >= 0.6 is 0 Å². The zero-order chi connectivity index (χ0) is 20.8. The molecule has 27 heavy (non-hydrogen) atoms. The molecule has 0 bridgehead atoms. The molecule has 0 saturated heterocycles. The second-order valence-corrected chi connectivity index (χ2v) is 9.22. The van der Waals surface area contributed by atoms with Gasteiger partial charge in [0, 0.05) is 12.0 Å². The van der Waals surface area contributed by atoms with Crippen LogP contribution in [0.4, 0.5) is 0 Å². The lowest BCUT2D eigenvalue weighted by molar-refractivity contribution is -0.154. The van der Waals surface area contributed by atoms with Gasteiger partial charge in [-0.25, -0.2) is 4.79 Å². The minimum atomic E-state index is -0.525. The van der Waals surface area contributed by atoms with Crippen molar-refractivity contribution in [3.05, 3.63) is 12.2 Å². The molecule has 0 rings (SSSR count). The average Bonchev–Trinajstić information content (AvgIpc) is 2.55. The van der Waals surface area contributed by atoms with Crippen LogP contribution in [0.5, 0.6) is 0 Å². The Morgan fingerprint density at radius 3 is 1.74 bits per heavy atom. The van der Waals surface area contributed by atoms with Crippen molar-refractivity contribution in [2.45, 2.75) is 130 Å². The van der Waals surface area contributed by atoms with Crippen LogP contribution in [0, 0.1) is 0 Å². The third-order valence-corrected chi connectivity index (χ3v) is 5.05. The van der Waals surface area contributed by atoms with E-state index in [2.05, 4.69) is 27.4 Å². The first-order valence-corrected chi connectivity index (χ1v) is 11.1. The summed E-state index contributed by atoms with van der Waals surface area (Å²) in [5.41, 5.74) is -0.206. The van der Waals surface area contributed by atoms with Gasteiger partial charge in [-0.1, -0.05) is 77.7 Å². The zero-order valence-corrected chi connectivity index (χ0v) is 19.1. The molecule has 3 nitrogen and oxygen atoms in total. The Morgan fingerprint density at radius 2 is 1.26 bits per heavy atom. The fourth-order valence-corrected chi connectivity index (χ4v) is 3.07. The molecule has 3 heteroatoms. The normalized spacial score (nSPS) is 12.2. The smallest absolute Gasteiger partial charge is 0.333 e. The van der Waals surface area contributed by atoms with Crippen LogP contribution in [-0.4, -0.2) is 23.8 Å². The van der Waals surface area contributed by atoms with Gasteiger partial charge in [-0.15, -0.1) is 0 Å². The van der Waals surface area contributed by atoms with Crippen molar-refractivity contribution >= 4 is 5.97 Å². The average molecular weight is 383 g/mol. The SMILES string of the molecule is C=C(C)C(=O)OC(C)(C)CCOC(C)(C)CCCCCCCCCCCC. The maximum atomic E-state index is 11.7. The lowest BCUT2D eigenvalue weighted by Gasteiger charge is -2.29. The van der Waals surface area contributed by atoms with Crippen LogP contribution < -0.4 is 0 Å². The van der Waals surface area contributed by atoms with Gasteiger partial charge in [0.1, 0.15) is 5.60 Å². The van der Waals surface area contributed by atoms with Gasteiger partial charge in [-0.05, 0) is 41.0 Å². The Bertz CT molecular complexity index is 410. The topological polar surface area (TPSA) is 35.5 Å². The van der Waals surface area contributed by atoms with E-state index in [1.54, 1.807) is 6.92 Å². The maximum absolute atomic E-state index is 11.7. The predicted octanol–water partition coefficient (Wildman–Crippen LogP) is 7.38. The summed E-state index contributed by atoms with van der Waals surface area (Å²) in [4.78, 5) is 11.7. The third-order valence-electron chi connectivity index (χ3n) is 5.05. The minimum absolute atomic E-state index is 0.116. The predicted molar refractivity (Wildman–Crippen MR) is 116 cm³/mol. The summed E-state index contributed by atoms with van der Waals surface area (Å²) in [5, 5.41) is 0. The first-order valence-electron chi connectivity index (χ1n) is 11.1. The van der Waals surface area contributed by atoms with E-state index in [4.69, 9.17) is 9.47 Å². The molecule has 0 aliphatic rings. The van der Waals surface area contributed by atoms with Gasteiger partial charge in [-0.3, -0.25) is 0 Å². The van der Waals surface area contributed by atoms with Gasteiger partial charge in [0.2, 0.25) is 0 Å². The molecule has 0 spiro atoms. The Kier molecular flexibility index (Phi) is 13.8. The van der Waals surface area contributed by atoms with Gasteiger partial charge in [0.15, 0.2) is 0 Å². The first-order chi connectivity index (χ1) is 12.6. The summed E-state index contributed by atoms with van der Waals surface area (Å²) in [6.45, 7) is 16.3. The van der Waals surface area contributed by atoms with Gasteiger partial charge in [0.05, 0.1) is 12.2 Å². The van der Waals surface area contributed by atoms with Crippen LogP contribution in [0.2, 0.25) is 0 Å². The summed E-state index contributed by atoms with van der Waals surface area (Å²) in [7, 11) is 0. The van der Waals surface area contributed by atoms with E-state index >= 15 is 0 Å². The zero-order valence-electron chi connectivity index (χ0n) is 19.1. The molecule has 160 valence electrons. The number of hydrogen-bond acceptors (Lipinski definition) is 3. The van der Waals surface area contributed by atoms with Crippen molar-refractivity contribution in [3.63, 3.8) is 0 Å². The molecule has 0 unspecified atom stereocenters. The molecule has 0 aromatic rings. The standard InChI is InChI=1S/C24H46O3/c1-8-9-10-11-12-13-14-15-16-17-18-23(4,5)26-20-19-24(6,7)27-22(25)21(2)3/h2,8-20H2,1,3-7H3. The van der Waals surface area contributed by atoms with Crippen LogP contribution in [-0.2, 0) is 14.3 Å². The number of esters is 1. The summed E-state index contributed by atoms with van der Waals surface area (Å²) >= 11 is 0. The quantitative estimate of drug-likeness (QED) is 0.149. The van der Waals surface area contributed by atoms with Gasteiger partial charge in [0.25, 0.3) is 0 Å². The molecular weight excluding hydrogens is 336 g/mol. The third kappa shape index (κ3) is 15.9. The van der Waals surface area contributed by atoms with Gasteiger partial charge in [-0.2, -0.15) is 0 Å². The monoisotopic (exact) mass is 382 g/mol. The highest BCUT2D eigenvalue weighted by molar-refractivity contribution is 5.87. The van der Waals surface area contributed by atoms with Crippen molar-refractivity contribution in [3.8, 4) is 0 Å². The lowest BCUT2D eigenvalue weighted by Crippen LogP contribution is -2.32. The molecule has 0 radical (unpaired) electrons. The largest absolute Gasteiger partial charge is 0.456 e. The molecular formula is C24H46O3. The van der Waals surface area contributed by atoms with E-state index in [1.807, 2.05) is 13.8 Å². The van der Waals surface area contributed by atoms with Crippen molar-refractivity contribution in [1.82, 2.24) is 0 Å². The molecule has 0 atom stereocenters. The maximum Gasteiger partial charge on any atom is 0.333 e. The molecule has 0 aliphatic carbocycles. The van der Waals surface area contributed by atoms with Crippen LogP contribution in [0.25, 0.3) is 0 Å². The molecule has 0 fully saturated rings. The van der Waals surface area contributed by atoms with E-state index in [0.29, 0.717) is 18.6 Å². The van der Waals surface area contributed by atoms with Crippen molar-refractivity contribution < 1.29 is 14.3 Å². The van der Waals surface area contributed by atoms with Gasteiger partial charge >= 0.3 is 5.97 Å². The summed E-state index contributed by atoms with van der Waals surface area (Å²) in [5.74, 6) is -0.329. The summed E-state index contributed by atoms with van der Waals surface area (Å²) in [6, 6.07) is 0. The highest BCUT2D eigenvalue weighted by atomic mass is 16.6. The highest BCUT2D eigenvalue weighted by Crippen LogP contribution is 2.23. The molecule has 0 N–H and O–H groups in total. The first kappa shape index (κ1) is 26.2. The van der Waals surface area contributed by atoms with E-state index in [1.165, 1.54) is 64.2 Å². The van der Waals surface area contributed by atoms with Crippen LogP contribution in [0.3, 0.4) is 0 Å². The summed E-state index contributed by atoms with van der Waals surface area (Å²) in [6.07, 6.45) is 15.3. The molecule has 0 heterocycles. The van der Waals surface area contributed by atoms with E-state index in [-0.39, 0.29) is 11.6 Å². The number of unbranched alkanes of at least 4 members (excludes halogenated alkanes) is 9. The Labute approximate surface area is 169 Å². The summed E-state index contributed by atoms with van der Waals surface area (Å²) < 4.78 is 11.5. The lowest BCUT2D eigenvalue weighted by atomic mass is 9.98. The minimum Gasteiger partial charge on any atom is -0.456 e.